The number of carbonyl (C=O) groups excluding carboxylic acids is 1. The predicted octanol–water partition coefficient (Wildman–Crippen LogP) is 2.58. The molecule has 0 aliphatic heterocycles. The number of nitrogens with zero attached hydrogens (tertiary/aromatic N) is 3. The molecule has 0 spiro atoms. The van der Waals surface area contributed by atoms with Crippen molar-refractivity contribution in [3.8, 4) is 5.82 Å². The van der Waals surface area contributed by atoms with Crippen molar-refractivity contribution in [1.29, 1.82) is 0 Å². The molecule has 110 valence electrons. The van der Waals surface area contributed by atoms with E-state index in [2.05, 4.69) is 22.2 Å². The normalized spacial score (nSPS) is 22.0. The molecule has 2 aromatic rings. The molecule has 21 heavy (non-hydrogen) atoms. The fourth-order valence-corrected chi connectivity index (χ4v) is 2.77. The zero-order valence-electron chi connectivity index (χ0n) is 12.2. The number of hydrogen-bond acceptors (Lipinski definition) is 3. The Balaban J connectivity index is 1.69. The van der Waals surface area contributed by atoms with Crippen molar-refractivity contribution in [1.82, 2.24) is 19.9 Å². The fourth-order valence-electron chi connectivity index (χ4n) is 2.77. The zero-order valence-corrected chi connectivity index (χ0v) is 12.2. The van der Waals surface area contributed by atoms with Gasteiger partial charge in [-0.15, -0.1) is 0 Å². The summed E-state index contributed by atoms with van der Waals surface area (Å²) < 4.78 is 1.79. The first-order chi connectivity index (χ1) is 10.2. The second-order valence-electron chi connectivity index (χ2n) is 5.80. The maximum atomic E-state index is 12.4. The summed E-state index contributed by atoms with van der Waals surface area (Å²) in [4.78, 5) is 20.6. The van der Waals surface area contributed by atoms with Crippen LogP contribution in [0.3, 0.4) is 0 Å². The second-order valence-corrected chi connectivity index (χ2v) is 5.80. The van der Waals surface area contributed by atoms with E-state index in [0.717, 1.165) is 18.8 Å². The molecule has 0 saturated heterocycles. The minimum atomic E-state index is -0.0154. The van der Waals surface area contributed by atoms with Gasteiger partial charge in [-0.05, 0) is 43.7 Å². The van der Waals surface area contributed by atoms with Crippen molar-refractivity contribution in [2.45, 2.75) is 38.6 Å². The first-order valence-electron chi connectivity index (χ1n) is 7.47. The van der Waals surface area contributed by atoms with Crippen LogP contribution in [0.25, 0.3) is 5.82 Å². The van der Waals surface area contributed by atoms with E-state index in [4.69, 9.17) is 0 Å². The van der Waals surface area contributed by atoms with Gasteiger partial charge in [0.1, 0.15) is 12.1 Å². The lowest BCUT2D eigenvalue weighted by atomic mass is 9.87. The van der Waals surface area contributed by atoms with Gasteiger partial charge in [0.2, 0.25) is 0 Å². The Morgan fingerprint density at radius 3 is 2.81 bits per heavy atom. The van der Waals surface area contributed by atoms with Gasteiger partial charge < -0.3 is 5.32 Å². The standard InChI is InChI=1S/C16H20N4O/c1-12-2-4-14(5-3-12)19-16(21)13-6-7-18-15(10-13)20-9-8-17-11-20/h6-12,14H,2-5H2,1H3,(H,19,21)/t12-,14-. The van der Waals surface area contributed by atoms with Crippen LogP contribution in [0.5, 0.6) is 0 Å². The summed E-state index contributed by atoms with van der Waals surface area (Å²) in [5.41, 5.74) is 0.646. The second kappa shape index (κ2) is 6.08. The average Bonchev–Trinajstić information content (AvgIpc) is 3.04. The number of hydrogen-bond donors (Lipinski definition) is 1. The third kappa shape index (κ3) is 3.29. The molecule has 0 unspecified atom stereocenters. The number of carbonyl (C=O) groups is 1. The molecule has 1 aliphatic carbocycles. The number of amides is 1. The number of aromatic nitrogens is 3. The van der Waals surface area contributed by atoms with Crippen LogP contribution in [0.15, 0.2) is 37.1 Å². The van der Waals surface area contributed by atoms with E-state index in [0.29, 0.717) is 17.4 Å². The molecular weight excluding hydrogens is 264 g/mol. The van der Waals surface area contributed by atoms with Gasteiger partial charge in [0.25, 0.3) is 5.91 Å². The smallest absolute Gasteiger partial charge is 0.251 e. The minimum absolute atomic E-state index is 0.0154. The molecule has 2 aromatic heterocycles. The summed E-state index contributed by atoms with van der Waals surface area (Å²) in [6.07, 6.45) is 11.4. The first kappa shape index (κ1) is 13.8. The van der Waals surface area contributed by atoms with E-state index in [1.54, 1.807) is 35.4 Å². The van der Waals surface area contributed by atoms with Gasteiger partial charge in [-0.1, -0.05) is 6.92 Å². The van der Waals surface area contributed by atoms with Crippen LogP contribution in [0.1, 0.15) is 43.0 Å². The van der Waals surface area contributed by atoms with Crippen molar-refractivity contribution in [3.63, 3.8) is 0 Å². The highest BCUT2D eigenvalue weighted by Crippen LogP contribution is 2.23. The molecule has 0 bridgehead atoms. The van der Waals surface area contributed by atoms with E-state index in [-0.39, 0.29) is 5.91 Å². The Morgan fingerprint density at radius 1 is 1.29 bits per heavy atom. The number of imidazole rings is 1. The Bertz CT molecular complexity index is 600. The third-order valence-electron chi connectivity index (χ3n) is 4.13. The van der Waals surface area contributed by atoms with Crippen LogP contribution < -0.4 is 5.32 Å². The van der Waals surface area contributed by atoms with Crippen LogP contribution in [0.4, 0.5) is 0 Å². The monoisotopic (exact) mass is 284 g/mol. The summed E-state index contributed by atoms with van der Waals surface area (Å²) in [7, 11) is 0. The molecular formula is C16H20N4O. The minimum Gasteiger partial charge on any atom is -0.349 e. The number of rotatable bonds is 3. The van der Waals surface area contributed by atoms with Crippen LogP contribution in [-0.2, 0) is 0 Å². The Labute approximate surface area is 124 Å². The summed E-state index contributed by atoms with van der Waals surface area (Å²) in [6.45, 7) is 2.28. The van der Waals surface area contributed by atoms with Gasteiger partial charge in [-0.25, -0.2) is 9.97 Å². The Hall–Kier alpha value is -2.17. The fraction of sp³-hybridized carbons (Fsp3) is 0.438. The molecule has 1 aliphatic rings. The molecule has 0 atom stereocenters. The summed E-state index contributed by atoms with van der Waals surface area (Å²) >= 11 is 0. The quantitative estimate of drug-likeness (QED) is 0.942. The van der Waals surface area contributed by atoms with E-state index in [9.17, 15) is 4.79 Å². The van der Waals surface area contributed by atoms with Crippen LogP contribution in [0.2, 0.25) is 0 Å². The first-order valence-corrected chi connectivity index (χ1v) is 7.47. The Morgan fingerprint density at radius 2 is 2.10 bits per heavy atom. The van der Waals surface area contributed by atoms with E-state index < -0.39 is 0 Å². The average molecular weight is 284 g/mol. The molecule has 1 saturated carbocycles. The van der Waals surface area contributed by atoms with Crippen molar-refractivity contribution in [2.75, 3.05) is 0 Å². The zero-order chi connectivity index (χ0) is 14.7. The molecule has 5 nitrogen and oxygen atoms in total. The summed E-state index contributed by atoms with van der Waals surface area (Å²) in [5.74, 6) is 1.47. The molecule has 1 N–H and O–H groups in total. The highest BCUT2D eigenvalue weighted by atomic mass is 16.1. The highest BCUT2D eigenvalue weighted by molar-refractivity contribution is 5.94. The van der Waals surface area contributed by atoms with Gasteiger partial charge >= 0.3 is 0 Å². The topological polar surface area (TPSA) is 59.8 Å². The van der Waals surface area contributed by atoms with Crippen LogP contribution in [0, 0.1) is 5.92 Å². The van der Waals surface area contributed by atoms with Crippen molar-refractivity contribution >= 4 is 5.91 Å². The molecule has 5 heteroatoms. The largest absolute Gasteiger partial charge is 0.349 e. The SMILES string of the molecule is C[C@H]1CC[C@H](NC(=O)c2ccnc(-n3ccnc3)c2)CC1. The summed E-state index contributed by atoms with van der Waals surface area (Å²) in [6, 6.07) is 3.85. The lowest BCUT2D eigenvalue weighted by molar-refractivity contribution is 0.0923. The maximum absolute atomic E-state index is 12.4. The van der Waals surface area contributed by atoms with Crippen LogP contribution in [-0.4, -0.2) is 26.5 Å². The molecule has 3 rings (SSSR count). The van der Waals surface area contributed by atoms with Crippen molar-refractivity contribution < 1.29 is 4.79 Å². The van der Waals surface area contributed by atoms with Gasteiger partial charge in [0, 0.05) is 30.2 Å². The van der Waals surface area contributed by atoms with Crippen molar-refractivity contribution in [2.24, 2.45) is 5.92 Å². The van der Waals surface area contributed by atoms with Crippen molar-refractivity contribution in [3.05, 3.63) is 42.6 Å². The summed E-state index contributed by atoms with van der Waals surface area (Å²) in [5, 5.41) is 3.14. The third-order valence-corrected chi connectivity index (χ3v) is 4.13. The van der Waals surface area contributed by atoms with E-state index in [1.165, 1.54) is 12.8 Å². The number of nitrogens with one attached hydrogen (secondary N) is 1. The molecule has 1 fully saturated rings. The van der Waals surface area contributed by atoms with E-state index in [1.807, 2.05) is 6.20 Å². The van der Waals surface area contributed by atoms with Crippen LogP contribution >= 0.6 is 0 Å². The van der Waals surface area contributed by atoms with Gasteiger partial charge in [0.05, 0.1) is 0 Å². The van der Waals surface area contributed by atoms with Gasteiger partial charge in [0.15, 0.2) is 0 Å². The molecule has 0 radical (unpaired) electrons. The molecule has 0 aromatic carbocycles. The predicted molar refractivity (Wildman–Crippen MR) is 80.2 cm³/mol. The molecule has 1 amide bonds. The number of pyridine rings is 1. The lowest BCUT2D eigenvalue weighted by Gasteiger charge is -2.26. The van der Waals surface area contributed by atoms with Gasteiger partial charge in [-0.2, -0.15) is 0 Å². The van der Waals surface area contributed by atoms with E-state index >= 15 is 0 Å². The lowest BCUT2D eigenvalue weighted by Crippen LogP contribution is -2.37. The maximum Gasteiger partial charge on any atom is 0.251 e. The Kier molecular flexibility index (Phi) is 3.99. The molecule has 2 heterocycles. The van der Waals surface area contributed by atoms with Gasteiger partial charge in [-0.3, -0.25) is 9.36 Å². The highest BCUT2D eigenvalue weighted by Gasteiger charge is 2.20.